The second kappa shape index (κ2) is 4.49. The van der Waals surface area contributed by atoms with Crippen LogP contribution in [-0.4, -0.2) is 14.8 Å². The number of hydrogen-bond acceptors (Lipinski definition) is 3. The maximum atomic E-state index is 11.7. The van der Waals surface area contributed by atoms with Gasteiger partial charge in [-0.2, -0.15) is 10.2 Å². The van der Waals surface area contributed by atoms with Crippen molar-refractivity contribution in [2.75, 3.05) is 0 Å². The first-order chi connectivity index (χ1) is 8.15. The highest BCUT2D eigenvalue weighted by Crippen LogP contribution is 2.25. The smallest absolute Gasteiger partial charge is 0.250 e. The molecule has 88 valence electrons. The summed E-state index contributed by atoms with van der Waals surface area (Å²) in [5.74, 6) is 0. The second-order valence-corrected chi connectivity index (χ2v) is 4.03. The Kier molecular flexibility index (Phi) is 3.04. The third-order valence-electron chi connectivity index (χ3n) is 2.97. The SMILES string of the molecule is CCc1c(-c2ccnnc2)c(C)cc(=O)n1C. The molecule has 0 aliphatic rings. The average molecular weight is 229 g/mol. The standard InChI is InChI=1S/C13H15N3O/c1-4-11-13(10-5-6-14-15-8-10)9(2)7-12(17)16(11)3/h5-8H,4H2,1-3H3. The summed E-state index contributed by atoms with van der Waals surface area (Å²) in [6.07, 6.45) is 4.20. The van der Waals surface area contributed by atoms with Crippen molar-refractivity contribution in [3.8, 4) is 11.1 Å². The number of nitrogens with zero attached hydrogens (tertiary/aromatic N) is 3. The van der Waals surface area contributed by atoms with E-state index >= 15 is 0 Å². The van der Waals surface area contributed by atoms with Crippen molar-refractivity contribution in [2.24, 2.45) is 7.05 Å². The van der Waals surface area contributed by atoms with Gasteiger partial charge in [0, 0.05) is 29.9 Å². The highest BCUT2D eigenvalue weighted by molar-refractivity contribution is 5.68. The molecule has 2 aromatic rings. The van der Waals surface area contributed by atoms with Crippen LogP contribution in [-0.2, 0) is 13.5 Å². The molecule has 0 saturated heterocycles. The Morgan fingerprint density at radius 3 is 2.71 bits per heavy atom. The van der Waals surface area contributed by atoms with E-state index in [0.29, 0.717) is 0 Å². The highest BCUT2D eigenvalue weighted by atomic mass is 16.1. The van der Waals surface area contributed by atoms with Crippen molar-refractivity contribution >= 4 is 0 Å². The van der Waals surface area contributed by atoms with Crippen LogP contribution < -0.4 is 5.56 Å². The van der Waals surface area contributed by atoms with Gasteiger partial charge in [0.25, 0.3) is 5.56 Å². The molecule has 0 unspecified atom stereocenters. The zero-order valence-electron chi connectivity index (χ0n) is 10.3. The summed E-state index contributed by atoms with van der Waals surface area (Å²) in [4.78, 5) is 11.7. The molecule has 0 saturated carbocycles. The van der Waals surface area contributed by atoms with Gasteiger partial charge in [0.15, 0.2) is 0 Å². The Hall–Kier alpha value is -1.97. The molecule has 0 atom stereocenters. The maximum Gasteiger partial charge on any atom is 0.250 e. The van der Waals surface area contributed by atoms with Gasteiger partial charge < -0.3 is 4.57 Å². The van der Waals surface area contributed by atoms with Crippen molar-refractivity contribution < 1.29 is 0 Å². The molecule has 2 heterocycles. The van der Waals surface area contributed by atoms with Crippen molar-refractivity contribution in [3.63, 3.8) is 0 Å². The lowest BCUT2D eigenvalue weighted by molar-refractivity contribution is 0.781. The normalized spacial score (nSPS) is 10.5. The molecule has 0 bridgehead atoms. The van der Waals surface area contributed by atoms with Gasteiger partial charge in [-0.25, -0.2) is 0 Å². The second-order valence-electron chi connectivity index (χ2n) is 4.03. The monoisotopic (exact) mass is 229 g/mol. The van der Waals surface area contributed by atoms with Crippen LogP contribution in [0.2, 0.25) is 0 Å². The predicted octanol–water partition coefficient (Wildman–Crippen LogP) is 1.71. The van der Waals surface area contributed by atoms with Gasteiger partial charge in [-0.1, -0.05) is 6.92 Å². The molecule has 0 N–H and O–H groups in total. The lowest BCUT2D eigenvalue weighted by Gasteiger charge is -2.14. The van der Waals surface area contributed by atoms with Crippen molar-refractivity contribution in [1.29, 1.82) is 0 Å². The molecule has 4 nitrogen and oxygen atoms in total. The summed E-state index contributed by atoms with van der Waals surface area (Å²) in [5.41, 5.74) is 4.14. The average Bonchev–Trinajstić information content (AvgIpc) is 2.34. The van der Waals surface area contributed by atoms with E-state index in [4.69, 9.17) is 0 Å². The zero-order chi connectivity index (χ0) is 12.4. The van der Waals surface area contributed by atoms with Crippen LogP contribution in [0.1, 0.15) is 18.2 Å². The fourth-order valence-electron chi connectivity index (χ4n) is 2.13. The third kappa shape index (κ3) is 1.98. The van der Waals surface area contributed by atoms with Crippen LogP contribution in [0.5, 0.6) is 0 Å². The first-order valence-corrected chi connectivity index (χ1v) is 5.61. The number of aryl methyl sites for hydroxylation is 1. The maximum absolute atomic E-state index is 11.7. The Morgan fingerprint density at radius 1 is 1.35 bits per heavy atom. The van der Waals surface area contributed by atoms with Crippen LogP contribution in [0, 0.1) is 6.92 Å². The minimum atomic E-state index is 0.0325. The quantitative estimate of drug-likeness (QED) is 0.787. The molecule has 17 heavy (non-hydrogen) atoms. The Balaban J connectivity index is 2.78. The molecule has 0 aliphatic heterocycles. The van der Waals surface area contributed by atoms with Gasteiger partial charge in [0.2, 0.25) is 0 Å². The molecule has 0 fully saturated rings. The van der Waals surface area contributed by atoms with E-state index in [1.165, 1.54) is 0 Å². The molecule has 0 amide bonds. The molecular weight excluding hydrogens is 214 g/mol. The lowest BCUT2D eigenvalue weighted by Crippen LogP contribution is -2.21. The van der Waals surface area contributed by atoms with Crippen LogP contribution in [0.15, 0.2) is 29.3 Å². The molecule has 0 aromatic carbocycles. The number of aromatic nitrogens is 3. The molecule has 4 heteroatoms. The van der Waals surface area contributed by atoms with E-state index in [2.05, 4.69) is 10.2 Å². The summed E-state index contributed by atoms with van der Waals surface area (Å²) in [6, 6.07) is 3.58. The van der Waals surface area contributed by atoms with Gasteiger partial charge in [0.1, 0.15) is 0 Å². The van der Waals surface area contributed by atoms with E-state index in [1.807, 2.05) is 19.9 Å². The Labute approximate surface area is 99.9 Å². The van der Waals surface area contributed by atoms with Gasteiger partial charge in [-0.15, -0.1) is 0 Å². The Bertz CT molecular complexity index is 588. The van der Waals surface area contributed by atoms with Crippen molar-refractivity contribution in [3.05, 3.63) is 46.1 Å². The van der Waals surface area contributed by atoms with Crippen LogP contribution in [0.25, 0.3) is 11.1 Å². The number of pyridine rings is 1. The number of hydrogen-bond donors (Lipinski definition) is 0. The van der Waals surface area contributed by atoms with Gasteiger partial charge in [-0.05, 0) is 25.0 Å². The molecule has 2 rings (SSSR count). The summed E-state index contributed by atoms with van der Waals surface area (Å²) >= 11 is 0. The molecule has 0 aliphatic carbocycles. The fourth-order valence-corrected chi connectivity index (χ4v) is 2.13. The molecular formula is C13H15N3O. The lowest BCUT2D eigenvalue weighted by atomic mass is 9.99. The van der Waals surface area contributed by atoms with E-state index in [9.17, 15) is 4.79 Å². The topological polar surface area (TPSA) is 47.8 Å². The van der Waals surface area contributed by atoms with E-state index < -0.39 is 0 Å². The predicted molar refractivity (Wildman–Crippen MR) is 66.8 cm³/mol. The minimum Gasteiger partial charge on any atom is -0.315 e. The molecule has 2 aromatic heterocycles. The Morgan fingerprint density at radius 2 is 2.12 bits per heavy atom. The van der Waals surface area contributed by atoms with Crippen molar-refractivity contribution in [1.82, 2.24) is 14.8 Å². The first kappa shape index (κ1) is 11.5. The summed E-state index contributed by atoms with van der Waals surface area (Å²) < 4.78 is 1.70. The van der Waals surface area contributed by atoms with E-state index in [-0.39, 0.29) is 5.56 Å². The van der Waals surface area contributed by atoms with Gasteiger partial charge >= 0.3 is 0 Å². The first-order valence-electron chi connectivity index (χ1n) is 5.61. The summed E-state index contributed by atoms with van der Waals surface area (Å²) in [7, 11) is 1.80. The number of rotatable bonds is 2. The van der Waals surface area contributed by atoms with Crippen LogP contribution in [0.3, 0.4) is 0 Å². The van der Waals surface area contributed by atoms with Gasteiger partial charge in [0.05, 0.1) is 12.4 Å². The van der Waals surface area contributed by atoms with E-state index in [0.717, 1.165) is 28.8 Å². The fraction of sp³-hybridized carbons (Fsp3) is 0.308. The molecule has 0 spiro atoms. The van der Waals surface area contributed by atoms with E-state index in [1.54, 1.807) is 30.1 Å². The largest absolute Gasteiger partial charge is 0.315 e. The third-order valence-corrected chi connectivity index (χ3v) is 2.97. The molecule has 0 radical (unpaired) electrons. The van der Waals surface area contributed by atoms with Crippen LogP contribution in [0.4, 0.5) is 0 Å². The summed E-state index contributed by atoms with van der Waals surface area (Å²) in [6.45, 7) is 4.00. The highest BCUT2D eigenvalue weighted by Gasteiger charge is 2.11. The van der Waals surface area contributed by atoms with Crippen LogP contribution >= 0.6 is 0 Å². The summed E-state index contributed by atoms with van der Waals surface area (Å²) in [5, 5.41) is 7.67. The van der Waals surface area contributed by atoms with Crippen molar-refractivity contribution in [2.45, 2.75) is 20.3 Å². The van der Waals surface area contributed by atoms with Gasteiger partial charge in [-0.3, -0.25) is 4.79 Å². The minimum absolute atomic E-state index is 0.0325. The zero-order valence-corrected chi connectivity index (χ0v) is 10.3.